The summed E-state index contributed by atoms with van der Waals surface area (Å²) in [4.78, 5) is 24.8. The first kappa shape index (κ1) is 22.8. The minimum Gasteiger partial charge on any atom is -0.335 e. The van der Waals surface area contributed by atoms with Crippen molar-refractivity contribution in [2.75, 3.05) is 6.54 Å². The highest BCUT2D eigenvalue weighted by Crippen LogP contribution is 2.31. The lowest BCUT2D eigenvalue weighted by Crippen LogP contribution is -2.55. The Morgan fingerprint density at radius 2 is 1.73 bits per heavy atom. The average Bonchev–Trinajstić information content (AvgIpc) is 2.86. The van der Waals surface area contributed by atoms with E-state index in [0.29, 0.717) is 4.31 Å². The van der Waals surface area contributed by atoms with Gasteiger partial charge in [0.15, 0.2) is 0 Å². The van der Waals surface area contributed by atoms with Crippen LogP contribution in [-0.4, -0.2) is 41.0 Å². The molecule has 0 saturated heterocycles. The molecule has 30 heavy (non-hydrogen) atoms. The molecule has 2 aromatic rings. The fraction of sp³-hybridized carbons (Fsp3) is 0.263. The van der Waals surface area contributed by atoms with Gasteiger partial charge in [-0.3, -0.25) is 14.9 Å². The lowest BCUT2D eigenvalue weighted by Gasteiger charge is -2.27. The van der Waals surface area contributed by atoms with Crippen molar-refractivity contribution in [2.45, 2.75) is 28.3 Å². The zero-order valence-corrected chi connectivity index (χ0v) is 18.8. The van der Waals surface area contributed by atoms with Gasteiger partial charge in [-0.1, -0.05) is 76.8 Å². The molecule has 1 aliphatic rings. The standard InChI is InChI=1S/C19H18Cl3N3O4S/c1-12-6-8-13(9-7-12)10-23-18(19(20,21)22)24-16(26)11-25-17(27)14-4-2-3-5-15(14)30(25,28)29/h2-9,18,23H,10-11H2,1H3,(H,24,26)/t18-/m1/s1. The number of sulfonamides is 1. The number of benzene rings is 2. The zero-order chi connectivity index (χ0) is 22.1. The number of carbonyl (C=O) groups excluding carboxylic acids is 2. The molecule has 2 N–H and O–H groups in total. The smallest absolute Gasteiger partial charge is 0.269 e. The van der Waals surface area contributed by atoms with Crippen LogP contribution < -0.4 is 10.6 Å². The van der Waals surface area contributed by atoms with Crippen molar-refractivity contribution >= 4 is 56.6 Å². The first-order valence-electron chi connectivity index (χ1n) is 8.81. The van der Waals surface area contributed by atoms with E-state index in [9.17, 15) is 18.0 Å². The molecule has 0 aromatic heterocycles. The van der Waals surface area contributed by atoms with Gasteiger partial charge in [-0.2, -0.15) is 0 Å². The molecular formula is C19H18Cl3N3O4S. The monoisotopic (exact) mass is 489 g/mol. The minimum absolute atomic E-state index is 0.0146. The number of rotatable bonds is 6. The molecule has 0 unspecified atom stereocenters. The Morgan fingerprint density at radius 3 is 2.33 bits per heavy atom. The van der Waals surface area contributed by atoms with E-state index in [-0.39, 0.29) is 17.0 Å². The van der Waals surface area contributed by atoms with Crippen molar-refractivity contribution in [3.05, 3.63) is 65.2 Å². The predicted octanol–water partition coefficient (Wildman–Crippen LogP) is 2.74. The molecule has 160 valence electrons. The van der Waals surface area contributed by atoms with E-state index >= 15 is 0 Å². The minimum atomic E-state index is -4.12. The van der Waals surface area contributed by atoms with Gasteiger partial charge in [0.25, 0.3) is 15.9 Å². The third-order valence-corrected chi connectivity index (χ3v) is 6.90. The molecule has 0 bridgehead atoms. The third-order valence-electron chi connectivity index (χ3n) is 4.46. The lowest BCUT2D eigenvalue weighted by molar-refractivity contribution is -0.121. The Bertz CT molecular complexity index is 1070. The van der Waals surface area contributed by atoms with Gasteiger partial charge < -0.3 is 5.32 Å². The molecule has 11 heteroatoms. The number of halogens is 3. The maximum atomic E-state index is 12.6. The number of hydrogen-bond donors (Lipinski definition) is 2. The second-order valence-electron chi connectivity index (χ2n) is 6.72. The summed E-state index contributed by atoms with van der Waals surface area (Å²) in [5, 5.41) is 5.37. The van der Waals surface area contributed by atoms with E-state index < -0.39 is 38.3 Å². The van der Waals surface area contributed by atoms with E-state index in [0.717, 1.165) is 11.1 Å². The summed E-state index contributed by atoms with van der Waals surface area (Å²) in [6.07, 6.45) is -1.13. The molecular weight excluding hydrogens is 473 g/mol. The predicted molar refractivity (Wildman–Crippen MR) is 115 cm³/mol. The topological polar surface area (TPSA) is 95.6 Å². The zero-order valence-electron chi connectivity index (χ0n) is 15.7. The first-order chi connectivity index (χ1) is 14.0. The second kappa shape index (κ2) is 8.72. The van der Waals surface area contributed by atoms with Gasteiger partial charge in [-0.05, 0) is 24.6 Å². The average molecular weight is 491 g/mol. The maximum absolute atomic E-state index is 12.6. The van der Waals surface area contributed by atoms with Gasteiger partial charge in [0.05, 0.1) is 5.56 Å². The van der Waals surface area contributed by atoms with Gasteiger partial charge in [0.2, 0.25) is 9.70 Å². The Balaban J connectivity index is 1.69. The first-order valence-corrected chi connectivity index (χ1v) is 11.4. The number of nitrogens with one attached hydrogen (secondary N) is 2. The molecule has 0 aliphatic carbocycles. The summed E-state index contributed by atoms with van der Waals surface area (Å²) in [5.41, 5.74) is 1.99. The quantitative estimate of drug-likeness (QED) is 0.479. The number of hydrogen-bond acceptors (Lipinski definition) is 5. The van der Waals surface area contributed by atoms with Gasteiger partial charge in [0, 0.05) is 6.54 Å². The summed E-state index contributed by atoms with van der Waals surface area (Å²) in [6, 6.07) is 13.3. The Labute approximate surface area is 189 Å². The van der Waals surface area contributed by atoms with Crippen LogP contribution in [0.1, 0.15) is 21.5 Å². The van der Waals surface area contributed by atoms with Crippen LogP contribution in [0.4, 0.5) is 0 Å². The van der Waals surface area contributed by atoms with Crippen LogP contribution in [0.3, 0.4) is 0 Å². The fourth-order valence-corrected chi connectivity index (χ4v) is 4.82. The molecule has 1 aliphatic heterocycles. The van der Waals surface area contributed by atoms with Crippen LogP contribution in [0, 0.1) is 6.92 Å². The van der Waals surface area contributed by atoms with Crippen molar-refractivity contribution < 1.29 is 18.0 Å². The van der Waals surface area contributed by atoms with Crippen LogP contribution in [0.15, 0.2) is 53.4 Å². The molecule has 1 heterocycles. The Hall–Kier alpha value is -1.84. The number of carbonyl (C=O) groups is 2. The number of aryl methyl sites for hydroxylation is 1. The van der Waals surface area contributed by atoms with Crippen molar-refractivity contribution in [1.82, 2.24) is 14.9 Å². The fourth-order valence-electron chi connectivity index (χ4n) is 2.90. The van der Waals surface area contributed by atoms with Crippen LogP contribution in [-0.2, 0) is 21.4 Å². The lowest BCUT2D eigenvalue weighted by atomic mass is 10.1. The van der Waals surface area contributed by atoms with Crippen molar-refractivity contribution in [3.63, 3.8) is 0 Å². The molecule has 2 amide bonds. The summed E-state index contributed by atoms with van der Waals surface area (Å²) in [5.74, 6) is -1.58. The molecule has 0 saturated carbocycles. The van der Waals surface area contributed by atoms with Gasteiger partial charge in [-0.15, -0.1) is 0 Å². The van der Waals surface area contributed by atoms with Crippen LogP contribution in [0.5, 0.6) is 0 Å². The van der Waals surface area contributed by atoms with Crippen molar-refractivity contribution in [3.8, 4) is 0 Å². The molecule has 0 radical (unpaired) electrons. The third kappa shape index (κ3) is 4.90. The van der Waals surface area contributed by atoms with Crippen molar-refractivity contribution in [1.29, 1.82) is 0 Å². The highest BCUT2D eigenvalue weighted by molar-refractivity contribution is 7.90. The largest absolute Gasteiger partial charge is 0.335 e. The highest BCUT2D eigenvalue weighted by Gasteiger charge is 2.42. The van der Waals surface area contributed by atoms with Gasteiger partial charge >= 0.3 is 0 Å². The molecule has 3 rings (SSSR count). The van der Waals surface area contributed by atoms with Crippen LogP contribution >= 0.6 is 34.8 Å². The van der Waals surface area contributed by atoms with Crippen LogP contribution in [0.2, 0.25) is 0 Å². The summed E-state index contributed by atoms with van der Waals surface area (Å²) >= 11 is 17.9. The number of alkyl halides is 3. The summed E-state index contributed by atoms with van der Waals surface area (Å²) < 4.78 is 23.7. The second-order valence-corrected chi connectivity index (χ2v) is 10.9. The maximum Gasteiger partial charge on any atom is 0.269 e. The van der Waals surface area contributed by atoms with E-state index in [1.807, 2.05) is 31.2 Å². The molecule has 0 spiro atoms. The molecule has 0 fully saturated rings. The van der Waals surface area contributed by atoms with E-state index in [1.54, 1.807) is 6.07 Å². The van der Waals surface area contributed by atoms with Gasteiger partial charge in [-0.25, -0.2) is 12.7 Å². The van der Waals surface area contributed by atoms with E-state index in [2.05, 4.69) is 10.6 Å². The normalized spacial score (nSPS) is 16.3. The van der Waals surface area contributed by atoms with Crippen molar-refractivity contribution in [2.24, 2.45) is 0 Å². The highest BCUT2D eigenvalue weighted by atomic mass is 35.6. The van der Waals surface area contributed by atoms with Gasteiger partial charge in [0.1, 0.15) is 17.6 Å². The number of fused-ring (bicyclic) bond motifs is 1. The Morgan fingerprint density at radius 1 is 1.10 bits per heavy atom. The molecule has 7 nitrogen and oxygen atoms in total. The molecule has 1 atom stereocenters. The van der Waals surface area contributed by atoms with E-state index in [1.165, 1.54) is 18.2 Å². The number of nitrogens with zero attached hydrogens (tertiary/aromatic N) is 1. The van der Waals surface area contributed by atoms with Crippen LogP contribution in [0.25, 0.3) is 0 Å². The Kier molecular flexibility index (Phi) is 6.64. The summed E-state index contributed by atoms with van der Waals surface area (Å²) in [7, 11) is -4.12. The van der Waals surface area contributed by atoms with E-state index in [4.69, 9.17) is 34.8 Å². The number of amides is 2. The summed E-state index contributed by atoms with van der Waals surface area (Å²) in [6.45, 7) is 1.50. The molecule has 2 aromatic carbocycles. The SMILES string of the molecule is Cc1ccc(CN[C@H](NC(=O)CN2C(=O)c3ccccc3S2(=O)=O)C(Cl)(Cl)Cl)cc1.